The van der Waals surface area contributed by atoms with E-state index in [2.05, 4.69) is 15.9 Å². The van der Waals surface area contributed by atoms with Crippen molar-refractivity contribution in [2.75, 3.05) is 7.05 Å². The number of alkyl halides is 3. The Labute approximate surface area is 156 Å². The first kappa shape index (κ1) is 19.7. The summed E-state index contributed by atoms with van der Waals surface area (Å²) in [6.45, 7) is 0. The molecule has 0 saturated heterocycles. The van der Waals surface area contributed by atoms with Crippen molar-refractivity contribution in [2.45, 2.75) is 6.18 Å². The molecule has 136 valence electrons. The van der Waals surface area contributed by atoms with E-state index in [1.807, 2.05) is 0 Å². The fourth-order valence-electron chi connectivity index (χ4n) is 1.92. The van der Waals surface area contributed by atoms with Gasteiger partial charge in [0.05, 0.1) is 11.1 Å². The number of carbonyl (C=O) groups is 2. The van der Waals surface area contributed by atoms with E-state index in [0.29, 0.717) is 11.6 Å². The molecule has 0 fully saturated rings. The van der Waals surface area contributed by atoms with Crippen LogP contribution in [0, 0.1) is 0 Å². The van der Waals surface area contributed by atoms with Gasteiger partial charge in [0.25, 0.3) is 0 Å². The lowest BCUT2D eigenvalue weighted by molar-refractivity contribution is -0.137. The van der Waals surface area contributed by atoms with Crippen molar-refractivity contribution in [2.24, 2.45) is 0 Å². The minimum absolute atomic E-state index is 0.251. The van der Waals surface area contributed by atoms with Gasteiger partial charge < -0.3 is 4.84 Å². The highest BCUT2D eigenvalue weighted by atomic mass is 79.9. The molecular weight excluding hydrogens is 415 g/mol. The number of hydrogen-bond donors (Lipinski definition) is 0. The smallest absolute Gasteiger partial charge is 0.336 e. The summed E-state index contributed by atoms with van der Waals surface area (Å²) in [6.07, 6.45) is -2.17. The Morgan fingerprint density at radius 1 is 1.08 bits per heavy atom. The number of nitrogens with zero attached hydrogens (tertiary/aromatic N) is 1. The third-order valence-corrected chi connectivity index (χ3v) is 3.75. The highest BCUT2D eigenvalue weighted by Gasteiger charge is 2.31. The Balaban J connectivity index is 2.01. The van der Waals surface area contributed by atoms with E-state index in [4.69, 9.17) is 4.84 Å². The van der Waals surface area contributed by atoms with E-state index in [1.165, 1.54) is 25.4 Å². The van der Waals surface area contributed by atoms with Crippen LogP contribution in [0.1, 0.15) is 26.3 Å². The van der Waals surface area contributed by atoms with Gasteiger partial charge in [0, 0.05) is 29.4 Å². The topological polar surface area (TPSA) is 46.6 Å². The number of hydrogen-bond acceptors (Lipinski definition) is 4. The van der Waals surface area contributed by atoms with Crippen LogP contribution in [-0.2, 0) is 11.0 Å². The summed E-state index contributed by atoms with van der Waals surface area (Å²) < 4.78 is 38.9. The summed E-state index contributed by atoms with van der Waals surface area (Å²) in [5.41, 5.74) is -0.767. The second-order valence-electron chi connectivity index (χ2n) is 5.19. The third kappa shape index (κ3) is 5.45. The molecular formula is C18H13BrF3NO3. The molecule has 0 bridgehead atoms. The fraction of sp³-hybridized carbons (Fsp3) is 0.111. The van der Waals surface area contributed by atoms with Crippen LogP contribution in [0.4, 0.5) is 13.2 Å². The Hall–Kier alpha value is -2.61. The van der Waals surface area contributed by atoms with Gasteiger partial charge in [-0.2, -0.15) is 13.2 Å². The number of allylic oxidation sites excluding steroid dienone is 1. The molecule has 0 unspecified atom stereocenters. The second kappa shape index (κ2) is 8.18. The van der Waals surface area contributed by atoms with Gasteiger partial charge in [-0.25, -0.2) is 9.86 Å². The van der Waals surface area contributed by atoms with Gasteiger partial charge in [0.1, 0.15) is 0 Å². The molecule has 0 radical (unpaired) electrons. The minimum Gasteiger partial charge on any atom is -0.336 e. The van der Waals surface area contributed by atoms with Crippen molar-refractivity contribution < 1.29 is 27.6 Å². The van der Waals surface area contributed by atoms with E-state index >= 15 is 0 Å². The van der Waals surface area contributed by atoms with Crippen molar-refractivity contribution in [1.82, 2.24) is 5.06 Å². The number of benzene rings is 2. The van der Waals surface area contributed by atoms with Gasteiger partial charge in [-0.05, 0) is 42.5 Å². The molecule has 0 heterocycles. The van der Waals surface area contributed by atoms with Crippen LogP contribution >= 0.6 is 15.9 Å². The molecule has 0 amide bonds. The van der Waals surface area contributed by atoms with Gasteiger partial charge in [0.2, 0.25) is 0 Å². The number of hydroxylamine groups is 2. The molecule has 0 N–H and O–H groups in total. The molecule has 4 nitrogen and oxygen atoms in total. The number of rotatable bonds is 5. The van der Waals surface area contributed by atoms with Crippen LogP contribution in [0.15, 0.2) is 65.3 Å². The Kier molecular flexibility index (Phi) is 6.20. The van der Waals surface area contributed by atoms with Gasteiger partial charge in [-0.1, -0.05) is 22.0 Å². The molecule has 8 heteroatoms. The number of carbonyl (C=O) groups excluding carboxylic acids is 2. The van der Waals surface area contributed by atoms with Crippen molar-refractivity contribution in [3.05, 3.63) is 82.0 Å². The van der Waals surface area contributed by atoms with E-state index < -0.39 is 17.7 Å². The van der Waals surface area contributed by atoms with E-state index in [9.17, 15) is 22.8 Å². The highest BCUT2D eigenvalue weighted by Crippen LogP contribution is 2.29. The van der Waals surface area contributed by atoms with Crippen molar-refractivity contribution in [3.8, 4) is 0 Å². The summed E-state index contributed by atoms with van der Waals surface area (Å²) in [7, 11) is 1.34. The first-order chi connectivity index (χ1) is 12.2. The summed E-state index contributed by atoms with van der Waals surface area (Å²) in [5, 5.41) is 0.944. The van der Waals surface area contributed by atoms with Crippen LogP contribution in [-0.4, -0.2) is 23.9 Å². The van der Waals surface area contributed by atoms with Crippen LogP contribution in [0.3, 0.4) is 0 Å². The molecule has 0 aliphatic heterocycles. The van der Waals surface area contributed by atoms with Gasteiger partial charge in [-0.3, -0.25) is 4.79 Å². The van der Waals surface area contributed by atoms with Gasteiger partial charge in [-0.15, -0.1) is 0 Å². The number of ketones is 1. The molecule has 0 aromatic heterocycles. The zero-order valence-corrected chi connectivity index (χ0v) is 15.0. The molecule has 0 aliphatic carbocycles. The zero-order chi connectivity index (χ0) is 19.3. The quantitative estimate of drug-likeness (QED) is 0.388. The Morgan fingerprint density at radius 3 is 2.35 bits per heavy atom. The highest BCUT2D eigenvalue weighted by molar-refractivity contribution is 9.10. The maximum absolute atomic E-state index is 12.7. The monoisotopic (exact) mass is 427 g/mol. The maximum Gasteiger partial charge on any atom is 0.416 e. The third-order valence-electron chi connectivity index (χ3n) is 3.22. The van der Waals surface area contributed by atoms with Crippen molar-refractivity contribution >= 4 is 27.7 Å². The van der Waals surface area contributed by atoms with E-state index in [1.54, 1.807) is 24.3 Å². The lowest BCUT2D eigenvalue weighted by atomic mass is 10.1. The minimum atomic E-state index is -4.56. The molecule has 26 heavy (non-hydrogen) atoms. The Morgan fingerprint density at radius 2 is 1.73 bits per heavy atom. The Bertz CT molecular complexity index is 832. The lowest BCUT2D eigenvalue weighted by Gasteiger charge is -2.14. The second-order valence-corrected chi connectivity index (χ2v) is 6.11. The summed E-state index contributed by atoms with van der Waals surface area (Å²) in [5.74, 6) is -1.29. The molecule has 0 spiro atoms. The average Bonchev–Trinajstić information content (AvgIpc) is 2.59. The van der Waals surface area contributed by atoms with Crippen LogP contribution < -0.4 is 0 Å². The summed E-state index contributed by atoms with van der Waals surface area (Å²) in [4.78, 5) is 28.8. The first-order valence-electron chi connectivity index (χ1n) is 7.27. The fourth-order valence-corrected chi connectivity index (χ4v) is 2.18. The summed E-state index contributed by atoms with van der Waals surface area (Å²) >= 11 is 3.26. The lowest BCUT2D eigenvalue weighted by Crippen LogP contribution is -2.19. The SMILES string of the molecule is CN(/C=C/C(=O)c1ccc(Br)cc1)OC(=O)c1cccc(C(F)(F)F)c1. The van der Waals surface area contributed by atoms with Crippen molar-refractivity contribution in [3.63, 3.8) is 0 Å². The molecule has 2 aromatic rings. The van der Waals surface area contributed by atoms with E-state index in [0.717, 1.165) is 21.7 Å². The maximum atomic E-state index is 12.7. The molecule has 2 rings (SSSR count). The van der Waals surface area contributed by atoms with Gasteiger partial charge in [0.15, 0.2) is 5.78 Å². The summed E-state index contributed by atoms with van der Waals surface area (Å²) in [6, 6.07) is 10.5. The zero-order valence-electron chi connectivity index (χ0n) is 13.5. The predicted octanol–water partition coefficient (Wildman–Crippen LogP) is 4.87. The normalized spacial score (nSPS) is 11.4. The van der Waals surface area contributed by atoms with Crippen LogP contribution in [0.2, 0.25) is 0 Å². The number of halogens is 4. The van der Waals surface area contributed by atoms with Gasteiger partial charge >= 0.3 is 12.1 Å². The molecule has 2 aromatic carbocycles. The predicted molar refractivity (Wildman–Crippen MR) is 92.2 cm³/mol. The van der Waals surface area contributed by atoms with Crippen LogP contribution in [0.5, 0.6) is 0 Å². The standard InChI is InChI=1S/C18H13BrF3NO3/c1-23(10-9-16(24)12-5-7-15(19)8-6-12)26-17(25)13-3-2-4-14(11-13)18(20,21)22/h2-11H,1H3/b10-9+. The van der Waals surface area contributed by atoms with E-state index in [-0.39, 0.29) is 11.3 Å². The average molecular weight is 428 g/mol. The molecule has 0 aliphatic rings. The van der Waals surface area contributed by atoms with Crippen LogP contribution in [0.25, 0.3) is 0 Å². The largest absolute Gasteiger partial charge is 0.416 e. The van der Waals surface area contributed by atoms with Crippen molar-refractivity contribution in [1.29, 1.82) is 0 Å². The first-order valence-corrected chi connectivity index (χ1v) is 8.06. The molecule has 0 saturated carbocycles. The molecule has 0 atom stereocenters.